The summed E-state index contributed by atoms with van der Waals surface area (Å²) in [6.45, 7) is 6.44. The van der Waals surface area contributed by atoms with Gasteiger partial charge in [0, 0.05) is 5.56 Å². The number of hydrogen-bond acceptors (Lipinski definition) is 4. The number of anilines is 1. The van der Waals surface area contributed by atoms with E-state index in [0.29, 0.717) is 23.5 Å². The summed E-state index contributed by atoms with van der Waals surface area (Å²) < 4.78 is 5.58. The van der Waals surface area contributed by atoms with Crippen LogP contribution in [0.25, 0.3) is 0 Å². The lowest BCUT2D eigenvalue weighted by molar-refractivity contribution is 0.0915. The predicted molar refractivity (Wildman–Crippen MR) is 81.2 cm³/mol. The number of nitrogen functional groups attached to an aromatic ring is 1. The molecule has 0 saturated carbocycles. The number of carbonyl (C=O) groups excluding carboxylic acids is 1. The highest BCUT2D eigenvalue weighted by Gasteiger charge is 2.16. The van der Waals surface area contributed by atoms with Crippen LogP contribution in [0.5, 0.6) is 5.75 Å². The van der Waals surface area contributed by atoms with Gasteiger partial charge in [0.15, 0.2) is 5.78 Å². The zero-order chi connectivity index (χ0) is 14.5. The molecule has 0 spiro atoms. The second kappa shape index (κ2) is 6.75. The van der Waals surface area contributed by atoms with Gasteiger partial charge in [-0.1, -0.05) is 6.42 Å². The molecule has 1 aliphatic rings. The smallest absolute Gasteiger partial charge is 0.176 e. The largest absolute Gasteiger partial charge is 0.489 e. The summed E-state index contributed by atoms with van der Waals surface area (Å²) in [5, 5.41) is 0. The van der Waals surface area contributed by atoms with E-state index < -0.39 is 0 Å². The molecule has 0 unspecified atom stereocenters. The van der Waals surface area contributed by atoms with Crippen molar-refractivity contribution in [1.82, 2.24) is 4.90 Å². The fourth-order valence-corrected chi connectivity index (χ4v) is 2.50. The van der Waals surface area contributed by atoms with Crippen LogP contribution in [0.2, 0.25) is 0 Å². The highest BCUT2D eigenvalue weighted by Crippen LogP contribution is 2.24. The summed E-state index contributed by atoms with van der Waals surface area (Å²) >= 11 is 0. The quantitative estimate of drug-likeness (QED) is 0.663. The standard InChI is InChI=1S/C16H24N2O2/c1-12(2)20-16-7-6-13(10-14(16)17)15(19)11-18-8-4-3-5-9-18/h6-7,10,12H,3-5,8-9,11,17H2,1-2H3. The van der Waals surface area contributed by atoms with Crippen LogP contribution in [-0.4, -0.2) is 36.4 Å². The van der Waals surface area contributed by atoms with Gasteiger partial charge in [-0.2, -0.15) is 0 Å². The number of piperidine rings is 1. The van der Waals surface area contributed by atoms with Crippen molar-refractivity contribution in [2.45, 2.75) is 39.2 Å². The second-order valence-electron chi connectivity index (χ2n) is 5.68. The van der Waals surface area contributed by atoms with Crippen molar-refractivity contribution in [3.63, 3.8) is 0 Å². The minimum Gasteiger partial charge on any atom is -0.489 e. The molecule has 1 saturated heterocycles. The number of carbonyl (C=O) groups is 1. The number of ketones is 1. The van der Waals surface area contributed by atoms with Gasteiger partial charge in [0.1, 0.15) is 5.75 Å². The van der Waals surface area contributed by atoms with Crippen molar-refractivity contribution >= 4 is 11.5 Å². The van der Waals surface area contributed by atoms with Gasteiger partial charge in [0.05, 0.1) is 18.3 Å². The first kappa shape index (κ1) is 14.9. The van der Waals surface area contributed by atoms with Crippen LogP contribution in [0, 0.1) is 0 Å². The molecule has 1 aromatic carbocycles. The van der Waals surface area contributed by atoms with Crippen LogP contribution in [0.4, 0.5) is 5.69 Å². The molecule has 0 radical (unpaired) electrons. The fraction of sp³-hybridized carbons (Fsp3) is 0.562. The molecule has 1 aromatic rings. The van der Waals surface area contributed by atoms with Gasteiger partial charge >= 0.3 is 0 Å². The van der Waals surface area contributed by atoms with Crippen LogP contribution in [0.1, 0.15) is 43.5 Å². The zero-order valence-electron chi connectivity index (χ0n) is 12.4. The third-order valence-corrected chi connectivity index (χ3v) is 3.51. The summed E-state index contributed by atoms with van der Waals surface area (Å²) in [6, 6.07) is 5.32. The Bertz CT molecular complexity index is 466. The van der Waals surface area contributed by atoms with Crippen LogP contribution in [-0.2, 0) is 0 Å². The summed E-state index contributed by atoms with van der Waals surface area (Å²) in [7, 11) is 0. The Morgan fingerprint density at radius 2 is 2.00 bits per heavy atom. The third-order valence-electron chi connectivity index (χ3n) is 3.51. The van der Waals surface area contributed by atoms with E-state index in [1.807, 2.05) is 13.8 Å². The van der Waals surface area contributed by atoms with Gasteiger partial charge in [-0.15, -0.1) is 0 Å². The molecule has 110 valence electrons. The SMILES string of the molecule is CC(C)Oc1ccc(C(=O)CN2CCCCC2)cc1N. The number of likely N-dealkylation sites (tertiary alicyclic amines) is 1. The van der Waals surface area contributed by atoms with Crippen molar-refractivity contribution in [2.24, 2.45) is 0 Å². The molecule has 0 aromatic heterocycles. The number of benzene rings is 1. The second-order valence-corrected chi connectivity index (χ2v) is 5.68. The molecule has 1 aliphatic heterocycles. The van der Waals surface area contributed by atoms with Crippen LogP contribution >= 0.6 is 0 Å². The Morgan fingerprint density at radius 1 is 1.30 bits per heavy atom. The lowest BCUT2D eigenvalue weighted by atomic mass is 10.1. The Hall–Kier alpha value is -1.55. The molecule has 1 heterocycles. The molecule has 2 rings (SSSR count). The number of Topliss-reactive ketones (excluding diaryl/α,β-unsaturated/α-hetero) is 1. The van der Waals surface area contributed by atoms with E-state index in [1.54, 1.807) is 18.2 Å². The molecule has 0 bridgehead atoms. The van der Waals surface area contributed by atoms with Crippen LogP contribution in [0.15, 0.2) is 18.2 Å². The average molecular weight is 276 g/mol. The maximum absolute atomic E-state index is 12.3. The van der Waals surface area contributed by atoms with Gasteiger partial charge in [-0.3, -0.25) is 9.69 Å². The molecule has 2 N–H and O–H groups in total. The molecule has 4 heteroatoms. The van der Waals surface area contributed by atoms with E-state index in [2.05, 4.69) is 4.90 Å². The van der Waals surface area contributed by atoms with Gasteiger partial charge < -0.3 is 10.5 Å². The number of nitrogens with zero attached hydrogens (tertiary/aromatic N) is 1. The molecule has 0 atom stereocenters. The summed E-state index contributed by atoms with van der Waals surface area (Å²) in [4.78, 5) is 14.5. The molecular formula is C16H24N2O2. The maximum atomic E-state index is 12.3. The fourth-order valence-electron chi connectivity index (χ4n) is 2.50. The van der Waals surface area contributed by atoms with E-state index in [-0.39, 0.29) is 11.9 Å². The molecule has 4 nitrogen and oxygen atoms in total. The van der Waals surface area contributed by atoms with Crippen molar-refractivity contribution in [3.05, 3.63) is 23.8 Å². The first-order valence-corrected chi connectivity index (χ1v) is 7.38. The highest BCUT2D eigenvalue weighted by molar-refractivity contribution is 5.98. The van der Waals surface area contributed by atoms with Crippen molar-refractivity contribution in [3.8, 4) is 5.75 Å². The number of nitrogens with two attached hydrogens (primary N) is 1. The van der Waals surface area contributed by atoms with E-state index in [4.69, 9.17) is 10.5 Å². The molecular weight excluding hydrogens is 252 g/mol. The summed E-state index contributed by atoms with van der Waals surface area (Å²) in [5.74, 6) is 0.782. The normalized spacial score (nSPS) is 16.4. The van der Waals surface area contributed by atoms with Crippen molar-refractivity contribution in [2.75, 3.05) is 25.4 Å². The lowest BCUT2D eigenvalue weighted by Crippen LogP contribution is -2.34. The Kier molecular flexibility index (Phi) is 5.01. The Morgan fingerprint density at radius 3 is 2.60 bits per heavy atom. The first-order valence-electron chi connectivity index (χ1n) is 7.38. The van der Waals surface area contributed by atoms with Crippen LogP contribution < -0.4 is 10.5 Å². The lowest BCUT2D eigenvalue weighted by Gasteiger charge is -2.25. The number of hydrogen-bond donors (Lipinski definition) is 1. The maximum Gasteiger partial charge on any atom is 0.176 e. The van der Waals surface area contributed by atoms with Gasteiger partial charge in [-0.05, 0) is 58.0 Å². The number of rotatable bonds is 5. The monoisotopic (exact) mass is 276 g/mol. The van der Waals surface area contributed by atoms with Crippen molar-refractivity contribution < 1.29 is 9.53 Å². The molecule has 1 fully saturated rings. The minimum atomic E-state index is 0.0761. The van der Waals surface area contributed by atoms with E-state index in [1.165, 1.54) is 19.3 Å². The highest BCUT2D eigenvalue weighted by atomic mass is 16.5. The predicted octanol–water partition coefficient (Wildman–Crippen LogP) is 2.72. The molecule has 20 heavy (non-hydrogen) atoms. The Balaban J connectivity index is 2.01. The van der Waals surface area contributed by atoms with Gasteiger partial charge in [0.25, 0.3) is 0 Å². The third kappa shape index (κ3) is 3.97. The van der Waals surface area contributed by atoms with E-state index in [9.17, 15) is 4.79 Å². The summed E-state index contributed by atoms with van der Waals surface area (Å²) in [5.41, 5.74) is 7.15. The van der Waals surface area contributed by atoms with E-state index >= 15 is 0 Å². The minimum absolute atomic E-state index is 0.0761. The van der Waals surface area contributed by atoms with Gasteiger partial charge in [0.2, 0.25) is 0 Å². The topological polar surface area (TPSA) is 55.6 Å². The van der Waals surface area contributed by atoms with Crippen LogP contribution in [0.3, 0.4) is 0 Å². The Labute approximate surface area is 120 Å². The first-order chi connectivity index (χ1) is 9.56. The van der Waals surface area contributed by atoms with Gasteiger partial charge in [-0.25, -0.2) is 0 Å². The number of ether oxygens (including phenoxy) is 1. The summed E-state index contributed by atoms with van der Waals surface area (Å²) in [6.07, 6.45) is 3.73. The van der Waals surface area contributed by atoms with E-state index in [0.717, 1.165) is 13.1 Å². The molecule has 0 amide bonds. The molecule has 0 aliphatic carbocycles. The van der Waals surface area contributed by atoms with Crippen molar-refractivity contribution in [1.29, 1.82) is 0 Å². The zero-order valence-corrected chi connectivity index (χ0v) is 12.4. The average Bonchev–Trinajstić information content (AvgIpc) is 2.41.